The Kier molecular flexibility index (Phi) is 7.43. The van der Waals surface area contributed by atoms with Gasteiger partial charge in [-0.3, -0.25) is 9.59 Å². The van der Waals surface area contributed by atoms with E-state index in [1.54, 1.807) is 31.2 Å². The number of benzene rings is 2. The van der Waals surface area contributed by atoms with Crippen LogP contribution < -0.4 is 10.2 Å². The zero-order valence-corrected chi connectivity index (χ0v) is 19.5. The molecule has 4 rings (SSSR count). The maximum absolute atomic E-state index is 13.4. The standard InChI is InChI=1S/C26H28FN3O5/c1-2-35-25(33)17-8-12-19(13-9-17)28-23(31)16-22-24(32)30(21-14-10-18(27)11-15-21)26(34)29(22)20-6-4-3-5-7-20/h8-15,20,22H,2-7,16H2,1H3,(H,28,31). The molecule has 0 spiro atoms. The molecule has 8 nitrogen and oxygen atoms in total. The van der Waals surface area contributed by atoms with Crippen LogP contribution in [0.25, 0.3) is 0 Å². The normalized spacial score (nSPS) is 18.6. The smallest absolute Gasteiger partial charge is 0.338 e. The summed E-state index contributed by atoms with van der Waals surface area (Å²) in [5.74, 6) is -1.85. The molecule has 1 N–H and O–H groups in total. The molecule has 4 amide bonds. The van der Waals surface area contributed by atoms with Crippen molar-refractivity contribution in [3.63, 3.8) is 0 Å². The van der Waals surface area contributed by atoms with Crippen LogP contribution in [0.3, 0.4) is 0 Å². The van der Waals surface area contributed by atoms with E-state index in [0.29, 0.717) is 11.3 Å². The number of urea groups is 1. The average molecular weight is 482 g/mol. The molecular weight excluding hydrogens is 453 g/mol. The molecule has 1 aliphatic carbocycles. The van der Waals surface area contributed by atoms with Crippen molar-refractivity contribution >= 4 is 35.2 Å². The van der Waals surface area contributed by atoms with Gasteiger partial charge in [0.1, 0.15) is 11.9 Å². The molecule has 2 aliphatic rings. The molecule has 1 saturated heterocycles. The van der Waals surface area contributed by atoms with Crippen molar-refractivity contribution in [2.45, 2.75) is 57.5 Å². The largest absolute Gasteiger partial charge is 0.462 e. The number of rotatable bonds is 7. The highest BCUT2D eigenvalue weighted by Crippen LogP contribution is 2.33. The zero-order chi connectivity index (χ0) is 24.9. The van der Waals surface area contributed by atoms with Gasteiger partial charge >= 0.3 is 12.0 Å². The van der Waals surface area contributed by atoms with E-state index in [1.807, 2.05) is 0 Å². The zero-order valence-electron chi connectivity index (χ0n) is 19.5. The number of imide groups is 1. The second-order valence-electron chi connectivity index (χ2n) is 8.70. The molecule has 0 bridgehead atoms. The average Bonchev–Trinajstić information content (AvgIpc) is 3.10. The van der Waals surface area contributed by atoms with Crippen LogP contribution in [0.1, 0.15) is 55.8 Å². The first-order chi connectivity index (χ1) is 16.9. The molecule has 1 aliphatic heterocycles. The number of nitrogens with one attached hydrogen (secondary N) is 1. The third-order valence-electron chi connectivity index (χ3n) is 6.36. The molecule has 1 atom stereocenters. The fraction of sp³-hybridized carbons (Fsp3) is 0.385. The maximum Gasteiger partial charge on any atom is 0.338 e. The van der Waals surface area contributed by atoms with Crippen LogP contribution >= 0.6 is 0 Å². The monoisotopic (exact) mass is 481 g/mol. The van der Waals surface area contributed by atoms with Crippen molar-refractivity contribution in [2.75, 3.05) is 16.8 Å². The third-order valence-corrected chi connectivity index (χ3v) is 6.36. The molecule has 2 fully saturated rings. The topological polar surface area (TPSA) is 96.0 Å². The molecule has 1 heterocycles. The van der Waals surface area contributed by atoms with Crippen LogP contribution in [0.4, 0.5) is 20.6 Å². The Bertz CT molecular complexity index is 1100. The van der Waals surface area contributed by atoms with E-state index in [4.69, 9.17) is 4.74 Å². The number of anilines is 2. The van der Waals surface area contributed by atoms with Gasteiger partial charge in [-0.2, -0.15) is 0 Å². The first-order valence-corrected chi connectivity index (χ1v) is 11.9. The van der Waals surface area contributed by atoms with Crippen molar-refractivity contribution in [2.24, 2.45) is 0 Å². The minimum Gasteiger partial charge on any atom is -0.462 e. The number of hydrogen-bond donors (Lipinski definition) is 1. The van der Waals surface area contributed by atoms with Gasteiger partial charge in [0.15, 0.2) is 0 Å². The molecule has 184 valence electrons. The van der Waals surface area contributed by atoms with E-state index in [-0.39, 0.29) is 24.8 Å². The summed E-state index contributed by atoms with van der Waals surface area (Å²) in [4.78, 5) is 54.0. The van der Waals surface area contributed by atoms with Gasteiger partial charge in [-0.25, -0.2) is 18.9 Å². The number of hydrogen-bond acceptors (Lipinski definition) is 5. The van der Waals surface area contributed by atoms with Gasteiger partial charge in [-0.1, -0.05) is 19.3 Å². The van der Waals surface area contributed by atoms with Gasteiger partial charge in [0.05, 0.1) is 24.3 Å². The lowest BCUT2D eigenvalue weighted by molar-refractivity contribution is -0.125. The summed E-state index contributed by atoms with van der Waals surface area (Å²) in [6.07, 6.45) is 4.29. The lowest BCUT2D eigenvalue weighted by atomic mass is 9.93. The van der Waals surface area contributed by atoms with E-state index >= 15 is 0 Å². The Morgan fingerprint density at radius 2 is 1.66 bits per heavy atom. The second-order valence-corrected chi connectivity index (χ2v) is 8.70. The summed E-state index contributed by atoms with van der Waals surface area (Å²) in [7, 11) is 0. The summed E-state index contributed by atoms with van der Waals surface area (Å²) in [5.41, 5.74) is 1.10. The van der Waals surface area contributed by atoms with Gasteiger partial charge in [-0.15, -0.1) is 0 Å². The molecule has 35 heavy (non-hydrogen) atoms. The minimum atomic E-state index is -0.950. The summed E-state index contributed by atoms with van der Waals surface area (Å²) >= 11 is 0. The van der Waals surface area contributed by atoms with Gasteiger partial charge in [0.25, 0.3) is 5.91 Å². The predicted molar refractivity (Wildman–Crippen MR) is 127 cm³/mol. The quantitative estimate of drug-likeness (QED) is 0.464. The van der Waals surface area contributed by atoms with E-state index in [1.165, 1.54) is 29.2 Å². The summed E-state index contributed by atoms with van der Waals surface area (Å²) in [6.45, 7) is 1.98. The fourth-order valence-corrected chi connectivity index (χ4v) is 4.69. The van der Waals surface area contributed by atoms with Gasteiger partial charge < -0.3 is 15.0 Å². The van der Waals surface area contributed by atoms with Crippen molar-refractivity contribution in [1.29, 1.82) is 0 Å². The molecule has 2 aromatic carbocycles. The maximum atomic E-state index is 13.4. The second kappa shape index (κ2) is 10.7. The number of esters is 1. The SMILES string of the molecule is CCOC(=O)c1ccc(NC(=O)CC2C(=O)N(c3ccc(F)cc3)C(=O)N2C2CCCCC2)cc1. The van der Waals surface area contributed by atoms with Crippen LogP contribution in [-0.4, -0.2) is 47.4 Å². The highest BCUT2D eigenvalue weighted by molar-refractivity contribution is 6.22. The Morgan fingerprint density at radius 1 is 1.00 bits per heavy atom. The van der Waals surface area contributed by atoms with E-state index in [9.17, 15) is 23.6 Å². The van der Waals surface area contributed by atoms with E-state index in [2.05, 4.69) is 5.32 Å². The van der Waals surface area contributed by atoms with Crippen molar-refractivity contribution in [1.82, 2.24) is 4.90 Å². The fourth-order valence-electron chi connectivity index (χ4n) is 4.69. The molecule has 2 aromatic rings. The highest BCUT2D eigenvalue weighted by Gasteiger charge is 2.49. The Balaban J connectivity index is 1.51. The van der Waals surface area contributed by atoms with Gasteiger partial charge in [0, 0.05) is 11.7 Å². The summed E-state index contributed by atoms with van der Waals surface area (Å²) < 4.78 is 18.4. The number of carbonyl (C=O) groups is 4. The predicted octanol–water partition coefficient (Wildman–Crippen LogP) is 4.50. The van der Waals surface area contributed by atoms with Crippen LogP contribution in [0, 0.1) is 5.82 Å². The first kappa shape index (κ1) is 24.4. The number of ether oxygens (including phenoxy) is 1. The molecule has 9 heteroatoms. The number of carbonyl (C=O) groups excluding carboxylic acids is 4. The highest BCUT2D eigenvalue weighted by atomic mass is 19.1. The Hall–Kier alpha value is -3.75. The van der Waals surface area contributed by atoms with E-state index < -0.39 is 35.7 Å². The van der Waals surface area contributed by atoms with Gasteiger partial charge in [0.2, 0.25) is 5.91 Å². The molecule has 1 saturated carbocycles. The Morgan fingerprint density at radius 3 is 2.29 bits per heavy atom. The molecule has 0 radical (unpaired) electrons. The Labute approximate surface area is 203 Å². The number of nitrogens with zero attached hydrogens (tertiary/aromatic N) is 2. The summed E-state index contributed by atoms with van der Waals surface area (Å²) in [6, 6.07) is 9.85. The van der Waals surface area contributed by atoms with Crippen molar-refractivity contribution in [3.05, 3.63) is 59.9 Å². The first-order valence-electron chi connectivity index (χ1n) is 11.9. The summed E-state index contributed by atoms with van der Waals surface area (Å²) in [5, 5.41) is 2.74. The van der Waals surface area contributed by atoms with Gasteiger partial charge in [-0.05, 0) is 68.3 Å². The van der Waals surface area contributed by atoms with Crippen LogP contribution in [0.5, 0.6) is 0 Å². The number of amides is 4. The molecule has 1 unspecified atom stereocenters. The van der Waals surface area contributed by atoms with Crippen LogP contribution in [-0.2, 0) is 14.3 Å². The lowest BCUT2D eigenvalue weighted by Gasteiger charge is -2.33. The number of halogens is 1. The third kappa shape index (κ3) is 5.34. The van der Waals surface area contributed by atoms with Crippen LogP contribution in [0.2, 0.25) is 0 Å². The lowest BCUT2D eigenvalue weighted by Crippen LogP contribution is -2.45. The molecular formula is C26H28FN3O5. The molecule has 0 aromatic heterocycles. The van der Waals surface area contributed by atoms with Crippen LogP contribution in [0.15, 0.2) is 48.5 Å². The van der Waals surface area contributed by atoms with Crippen molar-refractivity contribution in [3.8, 4) is 0 Å². The van der Waals surface area contributed by atoms with Crippen molar-refractivity contribution < 1.29 is 28.3 Å². The van der Waals surface area contributed by atoms with E-state index in [0.717, 1.165) is 37.0 Å². The minimum absolute atomic E-state index is 0.132.